The average Bonchev–Trinajstić information content (AvgIpc) is 3.42. The van der Waals surface area contributed by atoms with Crippen LogP contribution in [0, 0.1) is 6.92 Å². The molecule has 3 aromatic rings. The zero-order valence-electron chi connectivity index (χ0n) is 17.8. The maximum atomic E-state index is 5.98. The van der Waals surface area contributed by atoms with Crippen LogP contribution in [0.5, 0.6) is 17.2 Å². The number of ether oxygens (including phenoxy) is 3. The Morgan fingerprint density at radius 1 is 1.03 bits per heavy atom. The molecule has 0 spiro atoms. The minimum Gasteiger partial charge on any atom is -0.493 e. The minimum atomic E-state index is 0.309. The molecular weight excluding hydrogens is 402 g/mol. The topological polar surface area (TPSA) is 69.9 Å². The molecule has 1 fully saturated rings. The maximum absolute atomic E-state index is 5.98. The van der Waals surface area contributed by atoms with Crippen molar-refractivity contribution < 1.29 is 18.6 Å². The van der Waals surface area contributed by atoms with Crippen molar-refractivity contribution in [2.24, 2.45) is 0 Å². The summed E-state index contributed by atoms with van der Waals surface area (Å²) >= 11 is 1.68. The van der Waals surface area contributed by atoms with E-state index in [-0.39, 0.29) is 0 Å². The van der Waals surface area contributed by atoms with Crippen LogP contribution < -0.4 is 14.2 Å². The number of rotatable bonds is 7. The zero-order valence-corrected chi connectivity index (χ0v) is 18.6. The summed E-state index contributed by atoms with van der Waals surface area (Å²) in [5.41, 5.74) is 1.14. The second kappa shape index (κ2) is 9.06. The third kappa shape index (κ3) is 4.29. The lowest BCUT2D eigenvalue weighted by Crippen LogP contribution is -2.32. The van der Waals surface area contributed by atoms with Gasteiger partial charge >= 0.3 is 0 Å². The lowest BCUT2D eigenvalue weighted by molar-refractivity contribution is 0.192. The summed E-state index contributed by atoms with van der Waals surface area (Å²) in [6.07, 6.45) is 1.99. The van der Waals surface area contributed by atoms with Gasteiger partial charge in [-0.05, 0) is 62.7 Å². The van der Waals surface area contributed by atoms with Crippen molar-refractivity contribution in [1.29, 1.82) is 0 Å². The molecular formula is C22H27N3O4S. The molecule has 1 aromatic carbocycles. The number of hydrogen-bond donors (Lipinski definition) is 0. The molecule has 0 N–H and O–H groups in total. The van der Waals surface area contributed by atoms with Gasteiger partial charge in [0, 0.05) is 17.3 Å². The summed E-state index contributed by atoms with van der Waals surface area (Å²) in [5, 5.41) is 8.58. The molecule has 8 heteroatoms. The highest BCUT2D eigenvalue weighted by Crippen LogP contribution is 2.39. The summed E-state index contributed by atoms with van der Waals surface area (Å²) in [6, 6.07) is 8.14. The van der Waals surface area contributed by atoms with Crippen LogP contribution in [0.3, 0.4) is 0 Å². The number of piperidine rings is 1. The molecule has 0 bridgehead atoms. The van der Waals surface area contributed by atoms with Gasteiger partial charge in [-0.3, -0.25) is 4.90 Å². The molecule has 160 valence electrons. The van der Waals surface area contributed by atoms with Gasteiger partial charge in [0.2, 0.25) is 11.6 Å². The van der Waals surface area contributed by atoms with Crippen LogP contribution in [-0.4, -0.2) is 49.5 Å². The van der Waals surface area contributed by atoms with Crippen LogP contribution in [0.1, 0.15) is 35.1 Å². The number of nitrogens with zero attached hydrogens (tertiary/aromatic N) is 3. The second-order valence-corrected chi connectivity index (χ2v) is 8.73. The quantitative estimate of drug-likeness (QED) is 0.547. The van der Waals surface area contributed by atoms with Crippen LogP contribution in [0.2, 0.25) is 0 Å². The summed E-state index contributed by atoms with van der Waals surface area (Å²) in [7, 11) is 4.90. The van der Waals surface area contributed by atoms with Crippen molar-refractivity contribution >= 4 is 11.3 Å². The Labute approximate surface area is 180 Å². The van der Waals surface area contributed by atoms with E-state index in [9.17, 15) is 0 Å². The fourth-order valence-corrected chi connectivity index (χ4v) is 4.66. The van der Waals surface area contributed by atoms with Gasteiger partial charge < -0.3 is 18.6 Å². The first-order chi connectivity index (χ1) is 14.6. The Kier molecular flexibility index (Phi) is 6.24. The Morgan fingerprint density at radius 2 is 1.73 bits per heavy atom. The van der Waals surface area contributed by atoms with Gasteiger partial charge in [0.25, 0.3) is 5.89 Å². The van der Waals surface area contributed by atoms with Gasteiger partial charge in [-0.2, -0.15) is 0 Å². The molecule has 0 aliphatic carbocycles. The van der Waals surface area contributed by atoms with E-state index in [1.807, 2.05) is 18.2 Å². The molecule has 0 saturated carbocycles. The van der Waals surface area contributed by atoms with Crippen LogP contribution >= 0.6 is 11.3 Å². The van der Waals surface area contributed by atoms with E-state index in [0.717, 1.165) is 48.8 Å². The summed E-state index contributed by atoms with van der Waals surface area (Å²) in [4.78, 5) is 4.70. The fraction of sp³-hybridized carbons (Fsp3) is 0.455. The van der Waals surface area contributed by atoms with E-state index < -0.39 is 0 Å². The molecule has 0 amide bonds. The summed E-state index contributed by atoms with van der Waals surface area (Å²) in [5.74, 6) is 3.68. The SMILES string of the molecule is COc1cc(CN2CCC(c3nnc(-c4ccc(C)s4)o3)CC2)cc(OC)c1OC. The van der Waals surface area contributed by atoms with Crippen molar-refractivity contribution in [3.05, 3.63) is 40.6 Å². The van der Waals surface area contributed by atoms with Gasteiger partial charge in [0.05, 0.1) is 26.2 Å². The summed E-state index contributed by atoms with van der Waals surface area (Å²) in [6.45, 7) is 4.84. The molecule has 1 aliphatic rings. The molecule has 3 heterocycles. The molecule has 0 atom stereocenters. The van der Waals surface area contributed by atoms with Gasteiger partial charge in [-0.1, -0.05) is 0 Å². The second-order valence-electron chi connectivity index (χ2n) is 7.44. The lowest BCUT2D eigenvalue weighted by atomic mass is 9.96. The Balaban J connectivity index is 1.39. The molecule has 0 radical (unpaired) electrons. The zero-order chi connectivity index (χ0) is 21.1. The average molecular weight is 430 g/mol. The number of aromatic nitrogens is 2. The number of benzene rings is 1. The highest BCUT2D eigenvalue weighted by Gasteiger charge is 2.26. The van der Waals surface area contributed by atoms with E-state index in [0.29, 0.717) is 29.1 Å². The third-order valence-corrected chi connectivity index (χ3v) is 6.45. The normalized spacial score (nSPS) is 15.3. The van der Waals surface area contributed by atoms with Crippen LogP contribution in [0.25, 0.3) is 10.8 Å². The standard InChI is InChI=1S/C22H27N3O4S/c1-14-5-6-19(30-14)22-24-23-21(29-22)16-7-9-25(10-8-16)13-15-11-17(26-2)20(28-4)18(12-15)27-3/h5-6,11-12,16H,7-10,13H2,1-4H3. The fourth-order valence-electron chi connectivity index (χ4n) is 3.87. The van der Waals surface area contributed by atoms with E-state index in [4.69, 9.17) is 18.6 Å². The molecule has 1 aliphatic heterocycles. The van der Waals surface area contributed by atoms with Gasteiger partial charge in [0.1, 0.15) is 0 Å². The van der Waals surface area contributed by atoms with Crippen molar-refractivity contribution in [2.75, 3.05) is 34.4 Å². The van der Waals surface area contributed by atoms with Crippen LogP contribution in [-0.2, 0) is 6.54 Å². The lowest BCUT2D eigenvalue weighted by Gasteiger charge is -2.30. The molecule has 7 nitrogen and oxygen atoms in total. The predicted molar refractivity (Wildman–Crippen MR) is 116 cm³/mol. The first-order valence-electron chi connectivity index (χ1n) is 10.0. The predicted octanol–water partition coefficient (Wildman–Crippen LogP) is 4.51. The van der Waals surface area contributed by atoms with Gasteiger partial charge in [-0.15, -0.1) is 21.5 Å². The number of methoxy groups -OCH3 is 3. The van der Waals surface area contributed by atoms with Crippen molar-refractivity contribution in [2.45, 2.75) is 32.2 Å². The third-order valence-electron chi connectivity index (χ3n) is 5.46. The van der Waals surface area contributed by atoms with Gasteiger partial charge in [0.15, 0.2) is 11.5 Å². The number of likely N-dealkylation sites (tertiary alicyclic amines) is 1. The maximum Gasteiger partial charge on any atom is 0.257 e. The monoisotopic (exact) mass is 429 g/mol. The van der Waals surface area contributed by atoms with Crippen molar-refractivity contribution in [3.8, 4) is 28.0 Å². The molecule has 4 rings (SSSR count). The molecule has 2 aromatic heterocycles. The van der Waals surface area contributed by atoms with Gasteiger partial charge in [-0.25, -0.2) is 0 Å². The Bertz CT molecular complexity index is 967. The molecule has 0 unspecified atom stereocenters. The van der Waals surface area contributed by atoms with Crippen molar-refractivity contribution in [3.63, 3.8) is 0 Å². The first-order valence-corrected chi connectivity index (χ1v) is 10.8. The van der Waals surface area contributed by atoms with E-state index >= 15 is 0 Å². The van der Waals surface area contributed by atoms with Crippen LogP contribution in [0.4, 0.5) is 0 Å². The van der Waals surface area contributed by atoms with E-state index in [1.54, 1.807) is 32.7 Å². The number of hydrogen-bond acceptors (Lipinski definition) is 8. The smallest absolute Gasteiger partial charge is 0.257 e. The number of aryl methyl sites for hydroxylation is 1. The highest BCUT2D eigenvalue weighted by molar-refractivity contribution is 7.15. The van der Waals surface area contributed by atoms with Crippen molar-refractivity contribution in [1.82, 2.24) is 15.1 Å². The Morgan fingerprint density at radius 3 is 2.30 bits per heavy atom. The largest absolute Gasteiger partial charge is 0.493 e. The van der Waals surface area contributed by atoms with Crippen LogP contribution in [0.15, 0.2) is 28.7 Å². The highest BCUT2D eigenvalue weighted by atomic mass is 32.1. The van der Waals surface area contributed by atoms with E-state index in [1.165, 1.54) is 4.88 Å². The first kappa shape index (κ1) is 20.7. The minimum absolute atomic E-state index is 0.309. The molecule has 30 heavy (non-hydrogen) atoms. The van der Waals surface area contributed by atoms with E-state index in [2.05, 4.69) is 28.1 Å². The Hall–Kier alpha value is -2.58. The number of thiophene rings is 1. The summed E-state index contributed by atoms with van der Waals surface area (Å²) < 4.78 is 22.3. The molecule has 1 saturated heterocycles.